The Bertz CT molecular complexity index is 1270. The summed E-state index contributed by atoms with van der Waals surface area (Å²) in [6, 6.07) is 20.7. The number of benzene rings is 3. The molecule has 0 aromatic heterocycles. The van der Waals surface area contributed by atoms with Crippen LogP contribution >= 0.6 is 45.2 Å². The maximum absolute atomic E-state index is 11.8. The molecule has 0 bridgehead atoms. The molecule has 3 aromatic carbocycles. The van der Waals surface area contributed by atoms with Gasteiger partial charge in [0.2, 0.25) is 0 Å². The second kappa shape index (κ2) is 9.64. The van der Waals surface area contributed by atoms with Crippen molar-refractivity contribution >= 4 is 56.5 Å². The molecule has 0 fully saturated rings. The number of carbonyl (C=O) groups is 1. The van der Waals surface area contributed by atoms with Crippen LogP contribution in [-0.4, -0.2) is 17.0 Å². The van der Waals surface area contributed by atoms with Crippen LogP contribution in [0, 0.1) is 14.1 Å². The van der Waals surface area contributed by atoms with E-state index in [1.165, 1.54) is 25.8 Å². The first-order valence-corrected chi connectivity index (χ1v) is 13.4. The predicted octanol–water partition coefficient (Wildman–Crippen LogP) is 8.24. The molecule has 0 radical (unpaired) electrons. The van der Waals surface area contributed by atoms with E-state index in [2.05, 4.69) is 114 Å². The number of aryl methyl sites for hydroxylation is 1. The summed E-state index contributed by atoms with van der Waals surface area (Å²) in [6.45, 7) is 10.2. The minimum absolute atomic E-state index is 0.176. The molecule has 0 N–H and O–H groups in total. The molecule has 0 aliphatic carbocycles. The van der Waals surface area contributed by atoms with E-state index >= 15 is 0 Å². The van der Waals surface area contributed by atoms with Crippen molar-refractivity contribution < 1.29 is 14.3 Å². The first-order valence-electron chi connectivity index (χ1n) is 11.2. The molecule has 0 atom stereocenters. The summed E-state index contributed by atoms with van der Waals surface area (Å²) >= 11 is 4.54. The number of halogens is 2. The lowest BCUT2D eigenvalue weighted by molar-refractivity contribution is 0.0620. The maximum Gasteiger partial charge on any atom is 0.170 e. The highest BCUT2D eigenvalue weighted by Gasteiger charge is 2.32. The first kappa shape index (κ1) is 25.2. The number of rotatable bonds is 1. The fourth-order valence-corrected chi connectivity index (χ4v) is 5.12. The smallest absolute Gasteiger partial charge is 0.170 e. The average Bonchev–Trinajstić information content (AvgIpc) is 2.74. The van der Waals surface area contributed by atoms with E-state index < -0.39 is 0 Å². The van der Waals surface area contributed by atoms with Crippen molar-refractivity contribution in [1.29, 1.82) is 0 Å². The number of carbonyl (C=O) groups excluding carboxylic acids is 1. The maximum atomic E-state index is 11.8. The normalized spacial score (nSPS) is 17.1. The van der Waals surface area contributed by atoms with E-state index in [1.54, 1.807) is 0 Å². The van der Waals surface area contributed by atoms with E-state index in [9.17, 15) is 4.79 Å². The van der Waals surface area contributed by atoms with E-state index in [1.807, 2.05) is 32.0 Å². The summed E-state index contributed by atoms with van der Waals surface area (Å²) in [5.41, 5.74) is 5.04. The standard InChI is InChI=1S/C18H17IO.C11H11IO2/c1-12-4-6-13(7-5-12)16-11-18(2,3)20-17-9-8-14(19)10-15(16)17;1-11(2)6-9(13)8-5-7(12)3-4-10(8)14-11/h4-11H,1-3H3;3-5H,6H2,1-2H3. The van der Waals surface area contributed by atoms with Crippen LogP contribution in [0.2, 0.25) is 0 Å². The van der Waals surface area contributed by atoms with E-state index in [0.29, 0.717) is 12.2 Å². The van der Waals surface area contributed by atoms with Crippen molar-refractivity contribution in [3.63, 3.8) is 0 Å². The van der Waals surface area contributed by atoms with Crippen molar-refractivity contribution in [2.24, 2.45) is 0 Å². The van der Waals surface area contributed by atoms with Crippen LogP contribution in [0.25, 0.3) is 5.57 Å². The molecule has 5 heteroatoms. The van der Waals surface area contributed by atoms with Gasteiger partial charge >= 0.3 is 0 Å². The van der Waals surface area contributed by atoms with Gasteiger partial charge in [0.05, 0.1) is 12.0 Å². The first-order chi connectivity index (χ1) is 15.9. The molecule has 2 heterocycles. The Balaban J connectivity index is 0.000000172. The second-order valence-corrected chi connectivity index (χ2v) is 12.4. The van der Waals surface area contributed by atoms with Crippen molar-refractivity contribution in [3.8, 4) is 11.5 Å². The van der Waals surface area contributed by atoms with Gasteiger partial charge in [0, 0.05) is 12.7 Å². The molecule has 2 aliphatic rings. The number of fused-ring (bicyclic) bond motifs is 2. The lowest BCUT2D eigenvalue weighted by Crippen LogP contribution is -2.35. The van der Waals surface area contributed by atoms with Gasteiger partial charge < -0.3 is 9.47 Å². The zero-order valence-electron chi connectivity index (χ0n) is 20.0. The fraction of sp³-hybridized carbons (Fsp3) is 0.276. The zero-order valence-corrected chi connectivity index (χ0v) is 24.4. The van der Waals surface area contributed by atoms with E-state index in [-0.39, 0.29) is 17.0 Å². The van der Waals surface area contributed by atoms with Crippen LogP contribution in [-0.2, 0) is 0 Å². The van der Waals surface area contributed by atoms with Crippen LogP contribution in [0.1, 0.15) is 61.2 Å². The van der Waals surface area contributed by atoms with Crippen LogP contribution in [0.5, 0.6) is 11.5 Å². The van der Waals surface area contributed by atoms with E-state index in [0.717, 1.165) is 14.9 Å². The molecule has 3 nitrogen and oxygen atoms in total. The minimum Gasteiger partial charge on any atom is -0.487 e. The van der Waals surface area contributed by atoms with Crippen LogP contribution in [0.3, 0.4) is 0 Å². The molecule has 5 rings (SSSR count). The van der Waals surface area contributed by atoms with Gasteiger partial charge in [0.15, 0.2) is 5.78 Å². The number of ether oxygens (including phenoxy) is 2. The third-order valence-electron chi connectivity index (χ3n) is 5.67. The Morgan fingerprint density at radius 3 is 1.94 bits per heavy atom. The highest BCUT2D eigenvalue weighted by molar-refractivity contribution is 14.1. The van der Waals surface area contributed by atoms with Crippen molar-refractivity contribution in [2.45, 2.75) is 52.2 Å². The van der Waals surface area contributed by atoms with Gasteiger partial charge in [-0.1, -0.05) is 29.8 Å². The Morgan fingerprint density at radius 2 is 1.32 bits per heavy atom. The van der Waals surface area contributed by atoms with Gasteiger partial charge in [-0.05, 0) is 133 Å². The molecular weight excluding hydrogens is 650 g/mol. The number of Topliss-reactive ketones (excluding diaryl/α,β-unsaturated/α-hetero) is 1. The summed E-state index contributed by atoms with van der Waals surface area (Å²) in [5, 5.41) is 0. The SMILES string of the molecule is CC1(C)CC(=O)c2cc(I)ccc2O1.Cc1ccc(C2=CC(C)(C)Oc3ccc(I)cc32)cc1. The molecule has 0 saturated carbocycles. The fourth-order valence-electron chi connectivity index (χ4n) is 4.14. The topological polar surface area (TPSA) is 35.5 Å². The summed E-state index contributed by atoms with van der Waals surface area (Å²) in [7, 11) is 0. The third-order valence-corrected chi connectivity index (χ3v) is 7.02. The van der Waals surface area contributed by atoms with E-state index in [4.69, 9.17) is 9.47 Å². The van der Waals surface area contributed by atoms with Gasteiger partial charge in [-0.25, -0.2) is 0 Å². The number of hydrogen-bond acceptors (Lipinski definition) is 3. The van der Waals surface area contributed by atoms with Crippen LogP contribution in [0.15, 0.2) is 66.7 Å². The zero-order chi connectivity index (χ0) is 24.7. The lowest BCUT2D eigenvalue weighted by atomic mass is 9.90. The highest BCUT2D eigenvalue weighted by atomic mass is 127. The predicted molar refractivity (Wildman–Crippen MR) is 155 cm³/mol. The summed E-state index contributed by atoms with van der Waals surface area (Å²) in [5.74, 6) is 1.86. The van der Waals surface area contributed by atoms with Gasteiger partial charge in [0.25, 0.3) is 0 Å². The van der Waals surface area contributed by atoms with Crippen molar-refractivity contribution in [1.82, 2.24) is 0 Å². The quantitative estimate of drug-likeness (QED) is 0.244. The lowest BCUT2D eigenvalue weighted by Gasteiger charge is -2.31. The van der Waals surface area contributed by atoms with Gasteiger partial charge in [0.1, 0.15) is 22.7 Å². The summed E-state index contributed by atoms with van der Waals surface area (Å²) in [6.07, 6.45) is 2.68. The molecule has 176 valence electrons. The van der Waals surface area contributed by atoms with Crippen molar-refractivity contribution in [2.75, 3.05) is 0 Å². The number of hydrogen-bond donors (Lipinski definition) is 0. The molecule has 3 aromatic rings. The largest absolute Gasteiger partial charge is 0.487 e. The third kappa shape index (κ3) is 5.85. The highest BCUT2D eigenvalue weighted by Crippen LogP contribution is 2.40. The molecule has 0 amide bonds. The monoisotopic (exact) mass is 678 g/mol. The van der Waals surface area contributed by atoms with Crippen LogP contribution in [0.4, 0.5) is 0 Å². The second-order valence-electron chi connectivity index (χ2n) is 9.87. The van der Waals surface area contributed by atoms with Gasteiger partial charge in [-0.15, -0.1) is 0 Å². The summed E-state index contributed by atoms with van der Waals surface area (Å²) in [4.78, 5) is 11.8. The minimum atomic E-state index is -0.364. The number of ketones is 1. The molecule has 0 spiro atoms. The Kier molecular flexibility index (Phi) is 7.16. The van der Waals surface area contributed by atoms with Gasteiger partial charge in [-0.2, -0.15) is 0 Å². The molecule has 2 aliphatic heterocycles. The molecule has 0 saturated heterocycles. The summed E-state index contributed by atoms with van der Waals surface area (Å²) < 4.78 is 14.1. The Labute approximate surface area is 229 Å². The molecule has 34 heavy (non-hydrogen) atoms. The molecular formula is C29H28I2O3. The van der Waals surface area contributed by atoms with Gasteiger partial charge in [-0.3, -0.25) is 4.79 Å². The van der Waals surface area contributed by atoms with Crippen molar-refractivity contribution in [3.05, 3.63) is 96.1 Å². The average molecular weight is 678 g/mol. The Hall–Kier alpha value is -1.87. The Morgan fingerprint density at radius 1 is 0.765 bits per heavy atom. The van der Waals surface area contributed by atoms with Crippen LogP contribution < -0.4 is 9.47 Å². The molecule has 0 unspecified atom stereocenters.